The molecule has 0 aliphatic carbocycles. The molecule has 1 aliphatic heterocycles. The fourth-order valence-corrected chi connectivity index (χ4v) is 4.02. The van der Waals surface area contributed by atoms with Crippen molar-refractivity contribution < 1.29 is 18.7 Å². The van der Waals surface area contributed by atoms with Gasteiger partial charge in [-0.25, -0.2) is 0 Å². The molecule has 7 nitrogen and oxygen atoms in total. The third-order valence-corrected chi connectivity index (χ3v) is 5.89. The molecule has 2 N–H and O–H groups in total. The van der Waals surface area contributed by atoms with Crippen molar-refractivity contribution in [2.45, 2.75) is 32.9 Å². The van der Waals surface area contributed by atoms with E-state index in [-0.39, 0.29) is 23.8 Å². The van der Waals surface area contributed by atoms with Crippen LogP contribution in [0.5, 0.6) is 0 Å². The van der Waals surface area contributed by atoms with Gasteiger partial charge < -0.3 is 19.8 Å². The van der Waals surface area contributed by atoms with Gasteiger partial charge in [-0.2, -0.15) is 0 Å². The Balaban J connectivity index is 1.66. The van der Waals surface area contributed by atoms with Crippen molar-refractivity contribution in [2.24, 2.45) is 5.92 Å². The number of hydrogen-bond acceptors (Lipinski definition) is 6. The zero-order valence-electron chi connectivity index (χ0n) is 17.1. The van der Waals surface area contributed by atoms with E-state index in [4.69, 9.17) is 9.15 Å². The lowest BCUT2D eigenvalue weighted by atomic mass is 10.0. The Morgan fingerprint density at radius 1 is 1.21 bits per heavy atom. The van der Waals surface area contributed by atoms with Crippen LogP contribution in [-0.4, -0.2) is 55.6 Å². The van der Waals surface area contributed by atoms with Crippen LogP contribution in [0, 0.1) is 12.8 Å². The highest BCUT2D eigenvalue weighted by Gasteiger charge is 2.29. The summed E-state index contributed by atoms with van der Waals surface area (Å²) in [4.78, 5) is 28.2. The topological polar surface area (TPSA) is 83.8 Å². The minimum absolute atomic E-state index is 0.0355. The van der Waals surface area contributed by atoms with Crippen LogP contribution in [0.3, 0.4) is 0 Å². The van der Waals surface area contributed by atoms with Gasteiger partial charge in [0.1, 0.15) is 17.6 Å². The molecule has 3 heterocycles. The maximum absolute atomic E-state index is 12.9. The molecule has 2 atom stereocenters. The number of ether oxygens (including phenoxy) is 1. The minimum atomic E-state index is -0.603. The van der Waals surface area contributed by atoms with Crippen molar-refractivity contribution in [3.63, 3.8) is 0 Å². The molecule has 29 heavy (non-hydrogen) atoms. The highest BCUT2D eigenvalue weighted by Crippen LogP contribution is 2.23. The fraction of sp³-hybridized carbons (Fsp3) is 0.524. The van der Waals surface area contributed by atoms with Crippen molar-refractivity contribution in [3.8, 4) is 0 Å². The van der Waals surface area contributed by atoms with Crippen LogP contribution in [0.4, 0.5) is 0 Å². The molecule has 8 heteroatoms. The van der Waals surface area contributed by atoms with Gasteiger partial charge in [-0.3, -0.25) is 14.5 Å². The maximum Gasteiger partial charge on any atom is 0.262 e. The summed E-state index contributed by atoms with van der Waals surface area (Å²) in [5.41, 5.74) is 0. The predicted octanol–water partition coefficient (Wildman–Crippen LogP) is 2.59. The molecular formula is C21H29N3O4S. The molecule has 0 radical (unpaired) electrons. The van der Waals surface area contributed by atoms with Crippen LogP contribution < -0.4 is 10.6 Å². The molecule has 158 valence electrons. The summed E-state index contributed by atoms with van der Waals surface area (Å²) in [6.07, 6.45) is 0. The smallest absolute Gasteiger partial charge is 0.262 e. The average Bonchev–Trinajstić information content (AvgIpc) is 3.39. The van der Waals surface area contributed by atoms with Gasteiger partial charge in [0.25, 0.3) is 5.91 Å². The quantitative estimate of drug-likeness (QED) is 0.687. The van der Waals surface area contributed by atoms with Gasteiger partial charge in [-0.05, 0) is 36.4 Å². The maximum atomic E-state index is 12.9. The Morgan fingerprint density at radius 3 is 2.55 bits per heavy atom. The van der Waals surface area contributed by atoms with E-state index in [9.17, 15) is 9.59 Å². The van der Waals surface area contributed by atoms with Crippen molar-refractivity contribution in [2.75, 3.05) is 32.8 Å². The molecule has 0 spiro atoms. The predicted molar refractivity (Wildman–Crippen MR) is 112 cm³/mol. The number of morpholine rings is 1. The first kappa shape index (κ1) is 21.5. The van der Waals surface area contributed by atoms with Crippen molar-refractivity contribution in [3.05, 3.63) is 46.0 Å². The Labute approximate surface area is 175 Å². The van der Waals surface area contributed by atoms with Crippen LogP contribution in [0.25, 0.3) is 0 Å². The molecule has 1 fully saturated rings. The van der Waals surface area contributed by atoms with E-state index < -0.39 is 6.04 Å². The number of nitrogens with one attached hydrogen (secondary N) is 2. The van der Waals surface area contributed by atoms with Crippen LogP contribution in [0.1, 0.15) is 41.1 Å². The summed E-state index contributed by atoms with van der Waals surface area (Å²) in [6.45, 7) is 9.05. The van der Waals surface area contributed by atoms with Crippen LogP contribution in [0.15, 0.2) is 34.1 Å². The lowest BCUT2D eigenvalue weighted by Crippen LogP contribution is -2.51. The number of rotatable bonds is 8. The molecule has 1 saturated heterocycles. The first-order chi connectivity index (χ1) is 14.0. The third kappa shape index (κ3) is 5.68. The zero-order valence-corrected chi connectivity index (χ0v) is 18.0. The third-order valence-electron chi connectivity index (χ3n) is 5.03. The molecule has 2 aromatic rings. The van der Waals surface area contributed by atoms with Crippen LogP contribution >= 0.6 is 11.3 Å². The standard InChI is InChI=1S/C21H29N3O4S/c1-14(2)19(23-20(25)18-5-4-12-29-18)21(26)22-13-16(17-7-6-15(3)28-17)24-8-10-27-11-9-24/h4-7,12,14,16,19H,8-11,13H2,1-3H3,(H,22,26)(H,23,25). The monoisotopic (exact) mass is 419 g/mol. The van der Waals surface area contributed by atoms with Gasteiger partial charge in [0.15, 0.2) is 0 Å². The number of furan rings is 1. The summed E-state index contributed by atoms with van der Waals surface area (Å²) in [5.74, 6) is 1.22. The van der Waals surface area contributed by atoms with E-state index in [1.54, 1.807) is 6.07 Å². The molecule has 2 aromatic heterocycles. The number of hydrogen-bond donors (Lipinski definition) is 2. The van der Waals surface area contributed by atoms with E-state index >= 15 is 0 Å². The van der Waals surface area contributed by atoms with Crippen molar-refractivity contribution in [1.82, 2.24) is 15.5 Å². The first-order valence-electron chi connectivity index (χ1n) is 9.96. The number of carbonyl (C=O) groups excluding carboxylic acids is 2. The molecular weight excluding hydrogens is 390 g/mol. The highest BCUT2D eigenvalue weighted by molar-refractivity contribution is 7.12. The van der Waals surface area contributed by atoms with E-state index in [1.807, 2.05) is 44.4 Å². The molecule has 0 saturated carbocycles. The second kappa shape index (κ2) is 10.0. The summed E-state index contributed by atoms with van der Waals surface area (Å²) in [5, 5.41) is 7.74. The van der Waals surface area contributed by atoms with Gasteiger partial charge in [0.2, 0.25) is 5.91 Å². The molecule has 2 amide bonds. The molecule has 0 aromatic carbocycles. The molecule has 1 aliphatic rings. The Hall–Kier alpha value is -2.16. The van der Waals surface area contributed by atoms with Gasteiger partial charge in [0.05, 0.1) is 24.1 Å². The fourth-order valence-electron chi connectivity index (χ4n) is 3.39. The van der Waals surface area contributed by atoms with E-state index in [1.165, 1.54) is 11.3 Å². The Morgan fingerprint density at radius 2 is 1.97 bits per heavy atom. The van der Waals surface area contributed by atoms with Gasteiger partial charge in [-0.1, -0.05) is 19.9 Å². The van der Waals surface area contributed by atoms with Crippen LogP contribution in [0.2, 0.25) is 0 Å². The summed E-state index contributed by atoms with van der Waals surface area (Å²) < 4.78 is 11.3. The highest BCUT2D eigenvalue weighted by atomic mass is 32.1. The minimum Gasteiger partial charge on any atom is -0.465 e. The van der Waals surface area contributed by atoms with Crippen molar-refractivity contribution in [1.29, 1.82) is 0 Å². The number of amides is 2. The van der Waals surface area contributed by atoms with Gasteiger partial charge in [0, 0.05) is 19.6 Å². The average molecular weight is 420 g/mol. The van der Waals surface area contributed by atoms with E-state index in [0.717, 1.165) is 24.6 Å². The van der Waals surface area contributed by atoms with Gasteiger partial charge in [-0.15, -0.1) is 11.3 Å². The van der Waals surface area contributed by atoms with Crippen molar-refractivity contribution >= 4 is 23.2 Å². The lowest BCUT2D eigenvalue weighted by Gasteiger charge is -2.34. The normalized spacial score (nSPS) is 17.1. The number of aryl methyl sites for hydroxylation is 1. The first-order valence-corrected chi connectivity index (χ1v) is 10.8. The summed E-state index contributed by atoms with van der Waals surface area (Å²) >= 11 is 1.36. The Kier molecular flexibility index (Phi) is 7.46. The van der Waals surface area contributed by atoms with Gasteiger partial charge >= 0.3 is 0 Å². The number of nitrogens with zero attached hydrogens (tertiary/aromatic N) is 1. The van der Waals surface area contributed by atoms with E-state index in [2.05, 4.69) is 15.5 Å². The van der Waals surface area contributed by atoms with Crippen LogP contribution in [-0.2, 0) is 9.53 Å². The number of thiophene rings is 1. The Bertz CT molecular complexity index is 797. The second-order valence-electron chi connectivity index (χ2n) is 7.53. The zero-order chi connectivity index (χ0) is 20.8. The lowest BCUT2D eigenvalue weighted by molar-refractivity contribution is -0.124. The largest absolute Gasteiger partial charge is 0.465 e. The molecule has 3 rings (SSSR count). The SMILES string of the molecule is Cc1ccc(C(CNC(=O)C(NC(=O)c2cccs2)C(C)C)N2CCOCC2)o1. The molecule has 2 unspecified atom stereocenters. The second-order valence-corrected chi connectivity index (χ2v) is 8.48. The molecule has 0 bridgehead atoms. The summed E-state index contributed by atoms with van der Waals surface area (Å²) in [7, 11) is 0. The van der Waals surface area contributed by atoms with E-state index in [0.29, 0.717) is 24.6 Å². The number of carbonyl (C=O) groups is 2. The summed E-state index contributed by atoms with van der Waals surface area (Å²) in [6, 6.07) is 6.79.